The molecular weight excluding hydrogens is 525 g/mol. The van der Waals surface area contributed by atoms with Crippen LogP contribution in [-0.2, 0) is 0 Å². The number of hydrogen-bond donors (Lipinski definition) is 1. The second kappa shape index (κ2) is 9.31. The number of imidazole rings is 1. The molecule has 1 aromatic carbocycles. The Morgan fingerprint density at radius 1 is 1.14 bits per heavy atom. The highest BCUT2D eigenvalue weighted by atomic mass is 35.5. The van der Waals surface area contributed by atoms with Crippen LogP contribution in [-0.4, -0.2) is 40.5 Å². The molecule has 11 heteroatoms. The minimum absolute atomic E-state index is 0.0875. The predicted octanol–water partition coefficient (Wildman–Crippen LogP) is 7.12. The van der Waals surface area contributed by atoms with E-state index in [2.05, 4.69) is 23.9 Å². The van der Waals surface area contributed by atoms with Crippen LogP contribution in [0.2, 0.25) is 10.0 Å². The lowest BCUT2D eigenvalue weighted by Crippen LogP contribution is -2.02. The molecule has 7 nitrogen and oxygen atoms in total. The summed E-state index contributed by atoms with van der Waals surface area (Å²) in [6.45, 7) is 6.06. The summed E-state index contributed by atoms with van der Waals surface area (Å²) in [6, 6.07) is 8.90. The first kappa shape index (κ1) is 23.9. The van der Waals surface area contributed by atoms with Gasteiger partial charge in [0, 0.05) is 45.0 Å². The molecule has 0 amide bonds. The van der Waals surface area contributed by atoms with Gasteiger partial charge in [0.05, 0.1) is 15.6 Å². The van der Waals surface area contributed by atoms with Crippen LogP contribution in [0, 0.1) is 6.92 Å². The van der Waals surface area contributed by atoms with Gasteiger partial charge in [0.1, 0.15) is 5.65 Å². The Morgan fingerprint density at radius 2 is 1.89 bits per heavy atom. The monoisotopic (exact) mass is 543 g/mol. The molecule has 0 saturated carbocycles. The molecule has 35 heavy (non-hydrogen) atoms. The summed E-state index contributed by atoms with van der Waals surface area (Å²) in [7, 11) is 0. The lowest BCUT2D eigenvalue weighted by Gasteiger charge is -2.05. The molecule has 0 fully saturated rings. The number of carboxylic acids is 1. The molecule has 5 aromatic rings. The normalized spacial score (nSPS) is 11.6. The summed E-state index contributed by atoms with van der Waals surface area (Å²) in [6.07, 6.45) is 5.63. The van der Waals surface area contributed by atoms with Gasteiger partial charge >= 0.3 is 5.97 Å². The summed E-state index contributed by atoms with van der Waals surface area (Å²) in [4.78, 5) is 21.4. The molecule has 0 bridgehead atoms. The van der Waals surface area contributed by atoms with Crippen LogP contribution in [0.25, 0.3) is 33.2 Å². The number of aromatic nitrogens is 5. The maximum atomic E-state index is 12.1. The van der Waals surface area contributed by atoms with E-state index in [0.717, 1.165) is 21.1 Å². The van der Waals surface area contributed by atoms with Gasteiger partial charge in [0.15, 0.2) is 5.69 Å². The average molecular weight is 544 g/mol. The number of carboxylic acid groups (broad SMARTS) is 1. The zero-order valence-electron chi connectivity index (χ0n) is 18.9. The molecule has 0 unspecified atom stereocenters. The molecule has 0 aliphatic heterocycles. The smallest absolute Gasteiger partial charge is 0.357 e. The van der Waals surface area contributed by atoms with E-state index in [9.17, 15) is 9.90 Å². The summed E-state index contributed by atoms with van der Waals surface area (Å²) in [5, 5.41) is 16.1. The van der Waals surface area contributed by atoms with E-state index in [1.165, 1.54) is 11.3 Å². The van der Waals surface area contributed by atoms with Gasteiger partial charge in [0.2, 0.25) is 5.13 Å². The van der Waals surface area contributed by atoms with E-state index >= 15 is 0 Å². The van der Waals surface area contributed by atoms with E-state index in [4.69, 9.17) is 28.2 Å². The lowest BCUT2D eigenvalue weighted by molar-refractivity contribution is 0.0691. The third-order valence-corrected chi connectivity index (χ3v) is 7.92. The minimum atomic E-state index is -1.14. The van der Waals surface area contributed by atoms with Crippen LogP contribution in [0.1, 0.15) is 30.0 Å². The quantitative estimate of drug-likeness (QED) is 0.229. The van der Waals surface area contributed by atoms with Crippen LogP contribution in [0.4, 0.5) is 0 Å². The number of nitrogens with zero attached hydrogens (tertiary/aromatic N) is 5. The molecule has 0 radical (unpaired) electrons. The van der Waals surface area contributed by atoms with Crippen molar-refractivity contribution < 1.29 is 9.90 Å². The van der Waals surface area contributed by atoms with Crippen molar-refractivity contribution in [3.05, 3.63) is 70.4 Å². The highest BCUT2D eigenvalue weighted by Crippen LogP contribution is 2.41. The molecule has 178 valence electrons. The number of thioether (sulfide) groups is 1. The van der Waals surface area contributed by atoms with E-state index in [1.54, 1.807) is 40.8 Å². The molecule has 0 saturated heterocycles. The van der Waals surface area contributed by atoms with Crippen molar-refractivity contribution in [2.45, 2.75) is 30.2 Å². The van der Waals surface area contributed by atoms with Gasteiger partial charge in [-0.25, -0.2) is 19.4 Å². The molecule has 0 aliphatic carbocycles. The Hall–Kier alpha value is -2.85. The highest BCUT2D eigenvalue weighted by molar-refractivity contribution is 8.01. The second-order valence-corrected chi connectivity index (χ2v) is 11.8. The van der Waals surface area contributed by atoms with Gasteiger partial charge in [-0.3, -0.25) is 0 Å². The number of aromatic carboxylic acids is 1. The minimum Gasteiger partial charge on any atom is -0.476 e. The standard InChI is InChI=1S/C24H19Cl2N5O2S2/c1-12(2)34-23-20(14-4-5-18-27-6-7-30(18)11-14)28-24(35-23)31-13(3)19(21(29-31)22(32)33)15-8-16(25)10-17(26)9-15/h4-12H,1-3H3,(H,32,33). The fourth-order valence-corrected chi connectivity index (χ4v) is 6.85. The number of thiazole rings is 1. The fraction of sp³-hybridized carbons (Fsp3) is 0.167. The third-order valence-electron chi connectivity index (χ3n) is 5.24. The van der Waals surface area contributed by atoms with E-state index < -0.39 is 5.97 Å². The van der Waals surface area contributed by atoms with Crippen molar-refractivity contribution in [1.82, 2.24) is 24.1 Å². The predicted molar refractivity (Wildman–Crippen MR) is 142 cm³/mol. The maximum Gasteiger partial charge on any atom is 0.357 e. The summed E-state index contributed by atoms with van der Waals surface area (Å²) >= 11 is 15.6. The van der Waals surface area contributed by atoms with Crippen molar-refractivity contribution in [2.24, 2.45) is 0 Å². The van der Waals surface area contributed by atoms with Crippen molar-refractivity contribution in [1.29, 1.82) is 0 Å². The van der Waals surface area contributed by atoms with Crippen LogP contribution >= 0.6 is 46.3 Å². The Labute approximate surface area is 219 Å². The van der Waals surface area contributed by atoms with Gasteiger partial charge in [-0.2, -0.15) is 5.10 Å². The zero-order valence-corrected chi connectivity index (χ0v) is 22.0. The largest absolute Gasteiger partial charge is 0.476 e. The summed E-state index contributed by atoms with van der Waals surface area (Å²) in [5.74, 6) is -1.14. The van der Waals surface area contributed by atoms with Crippen molar-refractivity contribution >= 4 is 57.9 Å². The molecule has 0 atom stereocenters. The van der Waals surface area contributed by atoms with Gasteiger partial charge in [-0.1, -0.05) is 48.4 Å². The first-order valence-electron chi connectivity index (χ1n) is 10.6. The average Bonchev–Trinajstić information content (AvgIpc) is 3.48. The lowest BCUT2D eigenvalue weighted by atomic mass is 10.0. The van der Waals surface area contributed by atoms with Gasteiger partial charge < -0.3 is 9.51 Å². The number of halogens is 2. The Bertz CT molecular complexity index is 1570. The molecule has 0 aliphatic rings. The third kappa shape index (κ3) is 4.56. The first-order valence-corrected chi connectivity index (χ1v) is 13.1. The molecule has 5 rings (SSSR count). The number of rotatable bonds is 6. The fourth-order valence-electron chi connectivity index (χ4n) is 3.80. The van der Waals surface area contributed by atoms with Crippen LogP contribution in [0.5, 0.6) is 0 Å². The van der Waals surface area contributed by atoms with Crippen LogP contribution < -0.4 is 0 Å². The molecule has 4 aromatic heterocycles. The van der Waals surface area contributed by atoms with E-state index in [1.807, 2.05) is 35.9 Å². The maximum absolute atomic E-state index is 12.1. The van der Waals surface area contributed by atoms with Crippen molar-refractivity contribution in [2.75, 3.05) is 0 Å². The first-order chi connectivity index (χ1) is 16.7. The van der Waals surface area contributed by atoms with Crippen LogP contribution in [0.3, 0.4) is 0 Å². The second-order valence-electron chi connectivity index (χ2n) is 8.09. The van der Waals surface area contributed by atoms with Gasteiger partial charge in [-0.05, 0) is 42.8 Å². The Morgan fingerprint density at radius 3 is 2.57 bits per heavy atom. The van der Waals surface area contributed by atoms with Crippen molar-refractivity contribution in [3.63, 3.8) is 0 Å². The zero-order chi connectivity index (χ0) is 24.9. The molecular formula is C24H19Cl2N5O2S2. The van der Waals surface area contributed by atoms with Gasteiger partial charge in [0.25, 0.3) is 0 Å². The number of hydrogen-bond acceptors (Lipinski definition) is 6. The van der Waals surface area contributed by atoms with Crippen LogP contribution in [0.15, 0.2) is 53.1 Å². The molecule has 0 spiro atoms. The van der Waals surface area contributed by atoms with E-state index in [-0.39, 0.29) is 5.69 Å². The topological polar surface area (TPSA) is 85.3 Å². The summed E-state index contributed by atoms with van der Waals surface area (Å²) in [5.41, 5.74) is 4.19. The number of benzene rings is 1. The Balaban J connectivity index is 1.69. The van der Waals surface area contributed by atoms with E-state index in [0.29, 0.717) is 37.2 Å². The number of fused-ring (bicyclic) bond motifs is 1. The Kier molecular flexibility index (Phi) is 6.35. The van der Waals surface area contributed by atoms with Crippen molar-refractivity contribution in [3.8, 4) is 27.5 Å². The number of carbonyl (C=O) groups is 1. The SMILES string of the molecule is Cc1c(-c2cc(Cl)cc(Cl)c2)c(C(=O)O)nn1-c1nc(-c2ccc3nccn3c2)c(SC(C)C)s1. The molecule has 1 N–H and O–H groups in total. The van der Waals surface area contributed by atoms with Gasteiger partial charge in [-0.15, -0.1) is 11.8 Å². The number of pyridine rings is 1. The summed E-state index contributed by atoms with van der Waals surface area (Å²) < 4.78 is 4.55. The highest BCUT2D eigenvalue weighted by Gasteiger charge is 2.26. The molecule has 4 heterocycles.